The van der Waals surface area contributed by atoms with E-state index < -0.39 is 5.97 Å². The minimum atomic E-state index is -0.406. The minimum Gasteiger partial charge on any atom is -0.462 e. The molecule has 166 valence electrons. The van der Waals surface area contributed by atoms with Gasteiger partial charge in [0, 0.05) is 19.4 Å². The van der Waals surface area contributed by atoms with Gasteiger partial charge in [-0.2, -0.15) is 4.98 Å². The molecule has 10 heteroatoms. The number of thiophene rings is 1. The first-order valence-corrected chi connectivity index (χ1v) is 12.0. The van der Waals surface area contributed by atoms with E-state index in [4.69, 9.17) is 9.26 Å². The normalized spacial score (nSPS) is 10.9. The van der Waals surface area contributed by atoms with Crippen molar-refractivity contribution in [3.8, 4) is 10.7 Å². The van der Waals surface area contributed by atoms with Crippen molar-refractivity contribution < 1.29 is 18.8 Å². The third-order valence-electron chi connectivity index (χ3n) is 4.53. The van der Waals surface area contributed by atoms with Gasteiger partial charge in [0.1, 0.15) is 4.88 Å². The molecule has 0 radical (unpaired) electrons. The molecule has 0 aliphatic heterocycles. The highest BCUT2D eigenvalue weighted by atomic mass is 32.1. The number of nitrogens with zero attached hydrogens (tertiary/aromatic N) is 4. The van der Waals surface area contributed by atoms with Gasteiger partial charge in [0.15, 0.2) is 5.13 Å². The summed E-state index contributed by atoms with van der Waals surface area (Å²) in [7, 11) is 0. The Balaban J connectivity index is 1.70. The lowest BCUT2D eigenvalue weighted by Crippen LogP contribution is -2.32. The van der Waals surface area contributed by atoms with Crippen LogP contribution in [0.5, 0.6) is 0 Å². The number of rotatable bonds is 11. The van der Waals surface area contributed by atoms with Crippen molar-refractivity contribution in [3.05, 3.63) is 34.0 Å². The van der Waals surface area contributed by atoms with Crippen LogP contribution in [0.25, 0.3) is 10.7 Å². The smallest absolute Gasteiger partial charge is 0.350 e. The van der Waals surface area contributed by atoms with Gasteiger partial charge in [-0.15, -0.1) is 11.3 Å². The van der Waals surface area contributed by atoms with Gasteiger partial charge in [-0.25, -0.2) is 9.78 Å². The van der Waals surface area contributed by atoms with Gasteiger partial charge in [-0.3, -0.25) is 9.69 Å². The highest BCUT2D eigenvalue weighted by Crippen LogP contribution is 2.28. The molecule has 0 N–H and O–H groups in total. The summed E-state index contributed by atoms with van der Waals surface area (Å²) in [6.07, 6.45) is 3.47. The van der Waals surface area contributed by atoms with Gasteiger partial charge in [0.2, 0.25) is 17.6 Å². The molecule has 0 saturated carbocycles. The Kier molecular flexibility index (Phi) is 8.30. The van der Waals surface area contributed by atoms with E-state index in [9.17, 15) is 9.59 Å². The van der Waals surface area contributed by atoms with E-state index in [-0.39, 0.29) is 12.3 Å². The van der Waals surface area contributed by atoms with Crippen molar-refractivity contribution in [1.82, 2.24) is 15.1 Å². The number of aromatic nitrogens is 3. The van der Waals surface area contributed by atoms with E-state index in [1.165, 1.54) is 22.7 Å². The van der Waals surface area contributed by atoms with Crippen molar-refractivity contribution in [2.45, 2.75) is 52.9 Å². The second-order valence-corrected chi connectivity index (χ2v) is 8.80. The standard InChI is InChI=1S/C21H26N4O4S2/c1-4-6-7-12-25(21-22-14(3)18(31-21)20(27)28-5-2)17(26)11-10-16-23-19(24-29-16)15-9-8-13-30-15/h8-9,13H,4-7,10-12H2,1-3H3. The number of ether oxygens (including phenoxy) is 1. The molecule has 3 aromatic rings. The summed E-state index contributed by atoms with van der Waals surface area (Å²) < 4.78 is 10.4. The third kappa shape index (κ3) is 5.98. The molecule has 3 heterocycles. The first-order chi connectivity index (χ1) is 15.0. The number of esters is 1. The average molecular weight is 463 g/mol. The Morgan fingerprint density at radius 3 is 2.77 bits per heavy atom. The molecule has 1 amide bonds. The zero-order valence-electron chi connectivity index (χ0n) is 17.9. The summed E-state index contributed by atoms with van der Waals surface area (Å²) in [5, 5.41) is 6.46. The van der Waals surface area contributed by atoms with Crippen LogP contribution in [-0.2, 0) is 16.0 Å². The van der Waals surface area contributed by atoms with E-state index in [0.29, 0.717) is 47.0 Å². The summed E-state index contributed by atoms with van der Waals surface area (Å²) in [5.74, 6) is 0.465. The maximum atomic E-state index is 13.1. The van der Waals surface area contributed by atoms with Crippen LogP contribution in [0.15, 0.2) is 22.0 Å². The summed E-state index contributed by atoms with van der Waals surface area (Å²) >= 11 is 2.73. The van der Waals surface area contributed by atoms with E-state index in [1.807, 2.05) is 17.5 Å². The number of thiazole rings is 1. The molecule has 31 heavy (non-hydrogen) atoms. The number of hydrogen-bond acceptors (Lipinski definition) is 9. The quantitative estimate of drug-likeness (QED) is 0.295. The lowest BCUT2D eigenvalue weighted by molar-refractivity contribution is -0.118. The van der Waals surface area contributed by atoms with Crippen LogP contribution in [0.2, 0.25) is 0 Å². The molecule has 0 aliphatic rings. The van der Waals surface area contributed by atoms with Gasteiger partial charge in [0.05, 0.1) is 17.2 Å². The average Bonchev–Trinajstić information content (AvgIpc) is 3.50. The summed E-state index contributed by atoms with van der Waals surface area (Å²) in [6, 6.07) is 3.85. The first-order valence-electron chi connectivity index (χ1n) is 10.3. The molecular formula is C21H26N4O4S2. The molecule has 0 saturated heterocycles. The zero-order chi connectivity index (χ0) is 22.2. The van der Waals surface area contributed by atoms with Crippen LogP contribution in [0, 0.1) is 6.92 Å². The second kappa shape index (κ2) is 11.1. The molecule has 0 spiro atoms. The molecule has 8 nitrogen and oxygen atoms in total. The highest BCUT2D eigenvalue weighted by molar-refractivity contribution is 7.17. The highest BCUT2D eigenvalue weighted by Gasteiger charge is 2.24. The molecule has 0 aliphatic carbocycles. The fourth-order valence-electron chi connectivity index (χ4n) is 2.94. The fraction of sp³-hybridized carbons (Fsp3) is 0.476. The molecule has 0 unspecified atom stereocenters. The van der Waals surface area contributed by atoms with Crippen LogP contribution in [0.4, 0.5) is 5.13 Å². The van der Waals surface area contributed by atoms with Crippen molar-refractivity contribution in [3.63, 3.8) is 0 Å². The van der Waals surface area contributed by atoms with Gasteiger partial charge in [0.25, 0.3) is 0 Å². The first kappa shape index (κ1) is 23.1. The molecule has 3 aromatic heterocycles. The van der Waals surface area contributed by atoms with Crippen LogP contribution < -0.4 is 4.90 Å². The van der Waals surface area contributed by atoms with Crippen molar-refractivity contribution in [2.24, 2.45) is 0 Å². The lowest BCUT2D eigenvalue weighted by Gasteiger charge is -2.19. The zero-order valence-corrected chi connectivity index (χ0v) is 19.6. The number of aryl methyl sites for hydroxylation is 2. The third-order valence-corrected chi connectivity index (χ3v) is 6.55. The van der Waals surface area contributed by atoms with Crippen molar-refractivity contribution in [1.29, 1.82) is 0 Å². The lowest BCUT2D eigenvalue weighted by atomic mass is 10.2. The molecule has 0 atom stereocenters. The van der Waals surface area contributed by atoms with Crippen LogP contribution in [0.3, 0.4) is 0 Å². The number of hydrogen-bond donors (Lipinski definition) is 0. The number of anilines is 1. The molecule has 3 rings (SSSR count). The summed E-state index contributed by atoms with van der Waals surface area (Å²) in [5.41, 5.74) is 0.573. The van der Waals surface area contributed by atoms with E-state index in [2.05, 4.69) is 22.0 Å². The van der Waals surface area contributed by atoms with Crippen LogP contribution >= 0.6 is 22.7 Å². The van der Waals surface area contributed by atoms with E-state index in [1.54, 1.807) is 18.7 Å². The SMILES string of the molecule is CCCCCN(C(=O)CCc1nc(-c2cccs2)no1)c1nc(C)c(C(=O)OCC)s1. The van der Waals surface area contributed by atoms with E-state index >= 15 is 0 Å². The maximum Gasteiger partial charge on any atom is 0.350 e. The van der Waals surface area contributed by atoms with Gasteiger partial charge in [-0.05, 0) is 31.7 Å². The molecule has 0 aromatic carbocycles. The predicted octanol–water partition coefficient (Wildman–Crippen LogP) is 4.90. The Labute approximate surface area is 189 Å². The Hall–Kier alpha value is -2.59. The van der Waals surface area contributed by atoms with Gasteiger partial charge in [-0.1, -0.05) is 42.3 Å². The van der Waals surface area contributed by atoms with Crippen LogP contribution in [0.1, 0.15) is 60.8 Å². The fourth-order valence-corrected chi connectivity index (χ4v) is 4.59. The minimum absolute atomic E-state index is 0.0869. The van der Waals surface area contributed by atoms with Crippen molar-refractivity contribution >= 4 is 39.7 Å². The van der Waals surface area contributed by atoms with E-state index in [0.717, 1.165) is 24.1 Å². The number of carbonyl (C=O) groups is 2. The second-order valence-electron chi connectivity index (χ2n) is 6.87. The molecule has 0 bridgehead atoms. The van der Waals surface area contributed by atoms with Gasteiger partial charge < -0.3 is 9.26 Å². The topological polar surface area (TPSA) is 98.4 Å². The summed E-state index contributed by atoms with van der Waals surface area (Å²) in [6.45, 7) is 6.47. The van der Waals surface area contributed by atoms with Crippen LogP contribution in [-0.4, -0.2) is 40.2 Å². The Morgan fingerprint density at radius 2 is 2.06 bits per heavy atom. The summed E-state index contributed by atoms with van der Waals surface area (Å²) in [4.78, 5) is 37.1. The predicted molar refractivity (Wildman–Crippen MR) is 121 cm³/mol. The largest absolute Gasteiger partial charge is 0.462 e. The van der Waals surface area contributed by atoms with Gasteiger partial charge >= 0.3 is 5.97 Å². The maximum absolute atomic E-state index is 13.1. The number of amides is 1. The van der Waals surface area contributed by atoms with Crippen molar-refractivity contribution in [2.75, 3.05) is 18.1 Å². The number of unbranched alkanes of at least 4 members (excludes halogenated alkanes) is 2. The Morgan fingerprint density at radius 1 is 1.23 bits per heavy atom. The monoisotopic (exact) mass is 462 g/mol. The Bertz CT molecular complexity index is 997. The number of carbonyl (C=O) groups excluding carboxylic acids is 2. The molecular weight excluding hydrogens is 436 g/mol. The molecule has 0 fully saturated rings.